The summed E-state index contributed by atoms with van der Waals surface area (Å²) < 4.78 is 1.80. The van der Waals surface area contributed by atoms with Crippen LogP contribution in [0, 0.1) is 13.8 Å². The molecular formula is C26H22ClN7O. The highest BCUT2D eigenvalue weighted by Gasteiger charge is 2.32. The first-order valence-electron chi connectivity index (χ1n) is 11.2. The van der Waals surface area contributed by atoms with E-state index in [1.165, 1.54) is 0 Å². The van der Waals surface area contributed by atoms with Gasteiger partial charge in [-0.25, -0.2) is 9.97 Å². The van der Waals surface area contributed by atoms with Gasteiger partial charge in [-0.05, 0) is 37.1 Å². The topological polar surface area (TPSA) is 91.7 Å². The van der Waals surface area contributed by atoms with Crippen LogP contribution < -0.4 is 10.2 Å². The highest BCUT2D eigenvalue weighted by Crippen LogP contribution is 2.39. The summed E-state index contributed by atoms with van der Waals surface area (Å²) in [5, 5.41) is 9.07. The van der Waals surface area contributed by atoms with Gasteiger partial charge in [-0.3, -0.25) is 9.48 Å². The average Bonchev–Trinajstić information content (AvgIpc) is 3.51. The Bertz CT molecular complexity index is 1620. The van der Waals surface area contributed by atoms with Crippen molar-refractivity contribution >= 4 is 45.9 Å². The molecule has 35 heavy (non-hydrogen) atoms. The third-order valence-corrected chi connectivity index (χ3v) is 6.77. The molecule has 6 rings (SSSR count). The standard InChI is InChI=1S/C26H22ClN7O/c1-14-11-29-26(30-21-10-15(2)33(3)32-21)31-23(14)18-12-28-24-17(18)7-5-9-20(24)34-13-16-6-4-8-19(27)22(16)25(34)35/h4-12,28H,13H2,1-3H3,(H,29,30,31,32). The van der Waals surface area contributed by atoms with Crippen LogP contribution in [0.25, 0.3) is 22.2 Å². The van der Waals surface area contributed by atoms with Gasteiger partial charge in [0.2, 0.25) is 5.95 Å². The second-order valence-corrected chi connectivity index (χ2v) is 9.12. The number of hydrogen-bond acceptors (Lipinski definition) is 5. The minimum absolute atomic E-state index is 0.0930. The zero-order valence-electron chi connectivity index (χ0n) is 19.4. The van der Waals surface area contributed by atoms with Crippen LogP contribution in [0.5, 0.6) is 0 Å². The fourth-order valence-electron chi connectivity index (χ4n) is 4.58. The van der Waals surface area contributed by atoms with E-state index in [-0.39, 0.29) is 5.91 Å². The molecule has 4 heterocycles. The van der Waals surface area contributed by atoms with Crippen molar-refractivity contribution in [1.82, 2.24) is 24.7 Å². The summed E-state index contributed by atoms with van der Waals surface area (Å²) >= 11 is 6.34. The maximum atomic E-state index is 13.2. The number of para-hydroxylation sites is 1. The van der Waals surface area contributed by atoms with Gasteiger partial charge in [0.25, 0.3) is 5.91 Å². The molecule has 0 radical (unpaired) electrons. The Morgan fingerprint density at radius 1 is 1.14 bits per heavy atom. The molecule has 8 nitrogen and oxygen atoms in total. The molecule has 0 aliphatic carbocycles. The Morgan fingerprint density at radius 3 is 2.74 bits per heavy atom. The number of H-pyrrole nitrogens is 1. The van der Waals surface area contributed by atoms with Gasteiger partial charge in [-0.2, -0.15) is 5.10 Å². The summed E-state index contributed by atoms with van der Waals surface area (Å²) in [6.07, 6.45) is 3.73. The number of aromatic nitrogens is 5. The number of aryl methyl sites for hydroxylation is 3. The molecule has 1 aliphatic rings. The number of amides is 1. The number of rotatable bonds is 4. The van der Waals surface area contributed by atoms with Gasteiger partial charge >= 0.3 is 0 Å². The minimum Gasteiger partial charge on any atom is -0.359 e. The van der Waals surface area contributed by atoms with Crippen LogP contribution in [0.4, 0.5) is 17.5 Å². The Hall–Kier alpha value is -4.17. The Kier molecular flexibility index (Phi) is 4.86. The van der Waals surface area contributed by atoms with Crippen LogP contribution in [0.15, 0.2) is 54.9 Å². The van der Waals surface area contributed by atoms with E-state index < -0.39 is 0 Å². The summed E-state index contributed by atoms with van der Waals surface area (Å²) in [5.74, 6) is 1.06. The molecule has 3 aromatic heterocycles. The maximum absolute atomic E-state index is 13.2. The van der Waals surface area contributed by atoms with Crippen molar-refractivity contribution in [2.24, 2.45) is 7.05 Å². The quantitative estimate of drug-likeness (QED) is 0.350. The maximum Gasteiger partial charge on any atom is 0.260 e. The number of halogens is 1. The van der Waals surface area contributed by atoms with E-state index in [0.29, 0.717) is 28.9 Å². The van der Waals surface area contributed by atoms with Crippen molar-refractivity contribution in [2.45, 2.75) is 20.4 Å². The lowest BCUT2D eigenvalue weighted by Crippen LogP contribution is -2.23. The second-order valence-electron chi connectivity index (χ2n) is 8.71. The number of benzene rings is 2. The first kappa shape index (κ1) is 21.4. The van der Waals surface area contributed by atoms with Gasteiger partial charge in [-0.1, -0.05) is 35.9 Å². The Morgan fingerprint density at radius 2 is 1.97 bits per heavy atom. The van der Waals surface area contributed by atoms with Gasteiger partial charge in [0.1, 0.15) is 0 Å². The van der Waals surface area contributed by atoms with Gasteiger partial charge in [0.05, 0.1) is 34.0 Å². The van der Waals surface area contributed by atoms with E-state index in [0.717, 1.165) is 44.7 Å². The molecule has 0 saturated heterocycles. The fraction of sp³-hybridized carbons (Fsp3) is 0.154. The van der Waals surface area contributed by atoms with E-state index in [1.54, 1.807) is 21.8 Å². The van der Waals surface area contributed by atoms with E-state index in [9.17, 15) is 4.79 Å². The van der Waals surface area contributed by atoms with Crippen LogP contribution in [0.3, 0.4) is 0 Å². The lowest BCUT2D eigenvalue weighted by atomic mass is 10.1. The number of hydrogen-bond donors (Lipinski definition) is 2. The number of nitrogens with zero attached hydrogens (tertiary/aromatic N) is 5. The molecule has 2 aromatic carbocycles. The summed E-state index contributed by atoms with van der Waals surface area (Å²) in [5.41, 5.74) is 6.89. The van der Waals surface area contributed by atoms with Gasteiger partial charge in [-0.15, -0.1) is 0 Å². The van der Waals surface area contributed by atoms with Crippen molar-refractivity contribution in [3.63, 3.8) is 0 Å². The first-order valence-corrected chi connectivity index (χ1v) is 11.6. The number of carbonyl (C=O) groups excluding carboxylic acids is 1. The molecule has 5 aromatic rings. The number of nitrogens with one attached hydrogen (secondary N) is 2. The highest BCUT2D eigenvalue weighted by atomic mass is 35.5. The van der Waals surface area contributed by atoms with Gasteiger partial charge in [0.15, 0.2) is 5.82 Å². The molecule has 1 aliphatic heterocycles. The van der Waals surface area contributed by atoms with Crippen molar-refractivity contribution in [2.75, 3.05) is 10.2 Å². The SMILES string of the molecule is Cc1cnc(Nc2cc(C)n(C)n2)nc1-c1c[nH]c2c(N3Cc4cccc(Cl)c4C3=O)cccc12. The minimum atomic E-state index is -0.0930. The van der Waals surface area contributed by atoms with E-state index >= 15 is 0 Å². The molecule has 0 spiro atoms. The van der Waals surface area contributed by atoms with E-state index in [2.05, 4.69) is 20.4 Å². The molecule has 174 valence electrons. The van der Waals surface area contributed by atoms with Crippen LogP contribution >= 0.6 is 11.6 Å². The smallest absolute Gasteiger partial charge is 0.260 e. The van der Waals surface area contributed by atoms with Crippen LogP contribution in [-0.4, -0.2) is 30.6 Å². The predicted molar refractivity (Wildman–Crippen MR) is 137 cm³/mol. The molecule has 0 atom stereocenters. The average molecular weight is 484 g/mol. The molecule has 9 heteroatoms. The third kappa shape index (κ3) is 3.45. The lowest BCUT2D eigenvalue weighted by molar-refractivity contribution is 0.0997. The Labute approximate surface area is 206 Å². The molecular weight excluding hydrogens is 462 g/mol. The van der Waals surface area contributed by atoms with Crippen molar-refractivity contribution in [3.8, 4) is 11.3 Å². The normalized spacial score (nSPS) is 13.0. The largest absolute Gasteiger partial charge is 0.359 e. The van der Waals surface area contributed by atoms with Crippen molar-refractivity contribution in [1.29, 1.82) is 0 Å². The molecule has 0 fully saturated rings. The first-order chi connectivity index (χ1) is 16.9. The number of fused-ring (bicyclic) bond motifs is 2. The Balaban J connectivity index is 1.40. The third-order valence-electron chi connectivity index (χ3n) is 6.45. The van der Waals surface area contributed by atoms with Crippen molar-refractivity contribution in [3.05, 3.63) is 82.3 Å². The molecule has 0 bridgehead atoms. The molecule has 0 unspecified atom stereocenters. The number of carbonyl (C=O) groups is 1. The second kappa shape index (κ2) is 7.95. The molecule has 1 amide bonds. The summed E-state index contributed by atoms with van der Waals surface area (Å²) in [6, 6.07) is 13.5. The van der Waals surface area contributed by atoms with Crippen LogP contribution in [0.1, 0.15) is 27.2 Å². The zero-order chi connectivity index (χ0) is 24.3. The highest BCUT2D eigenvalue weighted by molar-refractivity contribution is 6.35. The van der Waals surface area contributed by atoms with Gasteiger partial charge in [0, 0.05) is 42.2 Å². The molecule has 0 saturated carbocycles. The summed E-state index contributed by atoms with van der Waals surface area (Å²) in [4.78, 5) is 27.6. The van der Waals surface area contributed by atoms with Gasteiger partial charge < -0.3 is 15.2 Å². The number of aromatic amines is 1. The fourth-order valence-corrected chi connectivity index (χ4v) is 4.86. The van der Waals surface area contributed by atoms with E-state index in [4.69, 9.17) is 16.6 Å². The summed E-state index contributed by atoms with van der Waals surface area (Å²) in [6.45, 7) is 4.45. The summed E-state index contributed by atoms with van der Waals surface area (Å²) in [7, 11) is 1.89. The monoisotopic (exact) mass is 483 g/mol. The van der Waals surface area contributed by atoms with Crippen LogP contribution in [0.2, 0.25) is 5.02 Å². The van der Waals surface area contributed by atoms with E-state index in [1.807, 2.05) is 63.5 Å². The predicted octanol–water partition coefficient (Wildman–Crippen LogP) is 5.53. The lowest BCUT2D eigenvalue weighted by Gasteiger charge is -2.17. The number of anilines is 3. The van der Waals surface area contributed by atoms with Crippen molar-refractivity contribution < 1.29 is 4.79 Å². The van der Waals surface area contributed by atoms with Crippen LogP contribution in [-0.2, 0) is 13.6 Å². The zero-order valence-corrected chi connectivity index (χ0v) is 20.2. The molecule has 2 N–H and O–H groups in total.